The monoisotopic (exact) mass is 545 g/mol. The van der Waals surface area contributed by atoms with Crippen LogP contribution in [0.2, 0.25) is 0 Å². The van der Waals surface area contributed by atoms with Crippen molar-refractivity contribution >= 4 is 23.2 Å². The van der Waals surface area contributed by atoms with Crippen molar-refractivity contribution in [1.82, 2.24) is 14.0 Å². The van der Waals surface area contributed by atoms with Gasteiger partial charge in [-0.05, 0) is 43.3 Å². The van der Waals surface area contributed by atoms with Gasteiger partial charge >= 0.3 is 0 Å². The predicted molar refractivity (Wildman–Crippen MR) is 150 cm³/mol. The Hall–Kier alpha value is -4.77. The van der Waals surface area contributed by atoms with Gasteiger partial charge in [0.25, 0.3) is 5.56 Å². The lowest BCUT2D eigenvalue weighted by Gasteiger charge is -2.12. The van der Waals surface area contributed by atoms with Crippen LogP contribution in [0.3, 0.4) is 0 Å². The summed E-state index contributed by atoms with van der Waals surface area (Å²) in [5.41, 5.74) is 2.97. The summed E-state index contributed by atoms with van der Waals surface area (Å²) in [7, 11) is 6.50. The summed E-state index contributed by atoms with van der Waals surface area (Å²) in [4.78, 5) is 18.8. The smallest absolute Gasteiger partial charge is 0.297 e. The minimum Gasteiger partial charge on any atom is -0.493 e. The molecule has 0 radical (unpaired) electrons. The second kappa shape index (κ2) is 10.9. The van der Waals surface area contributed by atoms with E-state index in [-0.39, 0.29) is 5.56 Å². The highest BCUT2D eigenvalue weighted by Gasteiger charge is 2.18. The highest BCUT2D eigenvalue weighted by atomic mass is 32.1. The number of methoxy groups -OCH3 is 3. The topological polar surface area (TPSA) is 97.4 Å². The number of benzene rings is 2. The lowest BCUT2D eigenvalue weighted by molar-refractivity contribution is 0.324. The Morgan fingerprint density at radius 1 is 0.974 bits per heavy atom. The number of aromatic nitrogens is 3. The maximum Gasteiger partial charge on any atom is 0.297 e. The first-order valence-electron chi connectivity index (χ1n) is 11.9. The van der Waals surface area contributed by atoms with Crippen LogP contribution in [0, 0.1) is 6.92 Å². The van der Waals surface area contributed by atoms with Gasteiger partial charge in [-0.3, -0.25) is 9.48 Å². The van der Waals surface area contributed by atoms with Crippen LogP contribution in [-0.4, -0.2) is 41.6 Å². The molecule has 0 saturated carbocycles. The summed E-state index contributed by atoms with van der Waals surface area (Å²) in [5.74, 6) is 2.11. The summed E-state index contributed by atoms with van der Waals surface area (Å²) in [6.07, 6.45) is 3.25. The normalized spacial score (nSPS) is 11.9. The third kappa shape index (κ3) is 4.79. The molecule has 0 unspecified atom stereocenters. The highest BCUT2D eigenvalue weighted by Crippen LogP contribution is 2.37. The SMILES string of the molecule is COc1cc(C=Nn2c(-c3ccco3)csc2=Nc2c(C)n(C)n(-c3ccccc3)c2=O)cc(OC)c1OC. The van der Waals surface area contributed by atoms with E-state index in [1.54, 1.807) is 66.0 Å². The average molecular weight is 546 g/mol. The molecule has 0 N–H and O–H groups in total. The summed E-state index contributed by atoms with van der Waals surface area (Å²) in [6.45, 7) is 1.87. The largest absolute Gasteiger partial charge is 0.493 e. The molecule has 39 heavy (non-hydrogen) atoms. The molecule has 2 aromatic carbocycles. The minimum atomic E-state index is -0.227. The lowest BCUT2D eigenvalue weighted by Crippen LogP contribution is -2.19. The molecule has 0 amide bonds. The standard InChI is InChI=1S/C28H27N5O5S/c1-18-25(27(34)33(31(18)2)20-10-7-6-8-11-20)30-28-32(21(17-39-28)22-12-9-13-38-22)29-16-19-14-23(35-3)26(37-5)24(15-19)36-4/h6-17H,1-5H3. The molecular weight excluding hydrogens is 518 g/mol. The fourth-order valence-electron chi connectivity index (χ4n) is 4.16. The molecule has 3 aromatic heterocycles. The van der Waals surface area contributed by atoms with Crippen molar-refractivity contribution in [3.05, 3.63) is 92.7 Å². The van der Waals surface area contributed by atoms with Crippen LogP contribution in [0.15, 0.2) is 85.5 Å². The Morgan fingerprint density at radius 2 is 1.69 bits per heavy atom. The average Bonchev–Trinajstić information content (AvgIpc) is 3.68. The molecule has 0 spiro atoms. The molecule has 0 aliphatic carbocycles. The zero-order chi connectivity index (χ0) is 27.5. The van der Waals surface area contributed by atoms with Gasteiger partial charge < -0.3 is 18.6 Å². The van der Waals surface area contributed by atoms with Gasteiger partial charge in [0, 0.05) is 18.0 Å². The molecular formula is C28H27N5O5S. The van der Waals surface area contributed by atoms with E-state index in [0.717, 1.165) is 11.4 Å². The van der Waals surface area contributed by atoms with E-state index < -0.39 is 0 Å². The number of para-hydroxylation sites is 1. The number of ether oxygens (including phenoxy) is 3. The first-order valence-corrected chi connectivity index (χ1v) is 12.8. The van der Waals surface area contributed by atoms with Crippen LogP contribution in [0.25, 0.3) is 17.1 Å². The van der Waals surface area contributed by atoms with Crippen molar-refractivity contribution < 1.29 is 18.6 Å². The second-order valence-electron chi connectivity index (χ2n) is 8.42. The molecule has 0 aliphatic heterocycles. The molecule has 5 rings (SSSR count). The number of hydrogen-bond donors (Lipinski definition) is 0. The van der Waals surface area contributed by atoms with Gasteiger partial charge in [0.15, 0.2) is 22.9 Å². The fourth-order valence-corrected chi connectivity index (χ4v) is 4.98. The molecule has 10 nitrogen and oxygen atoms in total. The number of hydrogen-bond acceptors (Lipinski definition) is 8. The quantitative estimate of drug-likeness (QED) is 0.262. The van der Waals surface area contributed by atoms with Crippen molar-refractivity contribution in [1.29, 1.82) is 0 Å². The molecule has 0 bridgehead atoms. The van der Waals surface area contributed by atoms with Gasteiger partial charge in [0.1, 0.15) is 5.69 Å². The zero-order valence-corrected chi connectivity index (χ0v) is 22.9. The van der Waals surface area contributed by atoms with Gasteiger partial charge in [-0.15, -0.1) is 11.3 Å². The molecule has 0 aliphatic rings. The van der Waals surface area contributed by atoms with E-state index in [1.165, 1.54) is 11.3 Å². The van der Waals surface area contributed by atoms with E-state index in [0.29, 0.717) is 44.8 Å². The van der Waals surface area contributed by atoms with E-state index >= 15 is 0 Å². The van der Waals surface area contributed by atoms with Crippen LogP contribution >= 0.6 is 11.3 Å². The van der Waals surface area contributed by atoms with Gasteiger partial charge in [0.05, 0.1) is 45.2 Å². The van der Waals surface area contributed by atoms with Crippen molar-refractivity contribution in [3.63, 3.8) is 0 Å². The van der Waals surface area contributed by atoms with Crippen molar-refractivity contribution in [2.24, 2.45) is 17.1 Å². The predicted octanol–water partition coefficient (Wildman–Crippen LogP) is 4.75. The van der Waals surface area contributed by atoms with Crippen LogP contribution in [0.5, 0.6) is 17.2 Å². The summed E-state index contributed by atoms with van der Waals surface area (Å²) in [5, 5.41) is 6.61. The van der Waals surface area contributed by atoms with Gasteiger partial charge in [0.2, 0.25) is 10.6 Å². The highest BCUT2D eigenvalue weighted by molar-refractivity contribution is 7.07. The molecule has 11 heteroatoms. The number of nitrogens with zero attached hydrogens (tertiary/aromatic N) is 5. The first-order chi connectivity index (χ1) is 19.0. The Morgan fingerprint density at radius 3 is 2.31 bits per heavy atom. The van der Waals surface area contributed by atoms with Gasteiger partial charge in [-0.1, -0.05) is 18.2 Å². The van der Waals surface area contributed by atoms with Gasteiger partial charge in [-0.25, -0.2) is 14.4 Å². The molecule has 0 fully saturated rings. The second-order valence-corrected chi connectivity index (χ2v) is 9.25. The molecule has 3 heterocycles. The number of rotatable bonds is 8. The van der Waals surface area contributed by atoms with Crippen LogP contribution in [-0.2, 0) is 7.05 Å². The Balaban J connectivity index is 1.67. The third-order valence-corrected chi connectivity index (χ3v) is 7.02. The maximum absolute atomic E-state index is 13.5. The lowest BCUT2D eigenvalue weighted by atomic mass is 10.2. The van der Waals surface area contributed by atoms with Crippen LogP contribution in [0.4, 0.5) is 5.69 Å². The van der Waals surface area contributed by atoms with Gasteiger partial charge in [-0.2, -0.15) is 5.10 Å². The minimum absolute atomic E-state index is 0.227. The van der Waals surface area contributed by atoms with E-state index in [9.17, 15) is 4.79 Å². The summed E-state index contributed by atoms with van der Waals surface area (Å²) < 4.78 is 27.1. The summed E-state index contributed by atoms with van der Waals surface area (Å²) in [6, 6.07) is 16.7. The zero-order valence-electron chi connectivity index (χ0n) is 22.1. The molecule has 200 valence electrons. The van der Waals surface area contributed by atoms with Crippen molar-refractivity contribution in [2.45, 2.75) is 6.92 Å². The Labute approximate surface area is 228 Å². The molecule has 0 atom stereocenters. The fraction of sp³-hybridized carbons (Fsp3) is 0.179. The van der Waals surface area contributed by atoms with Crippen LogP contribution in [0.1, 0.15) is 11.3 Å². The van der Waals surface area contributed by atoms with Crippen LogP contribution < -0.4 is 24.6 Å². The number of thiazole rings is 1. The number of furan rings is 1. The van der Waals surface area contributed by atoms with E-state index in [4.69, 9.17) is 28.7 Å². The van der Waals surface area contributed by atoms with E-state index in [1.807, 2.05) is 55.7 Å². The molecule has 5 aromatic rings. The third-order valence-electron chi connectivity index (χ3n) is 6.20. The maximum atomic E-state index is 13.5. The Bertz CT molecular complexity index is 1730. The van der Waals surface area contributed by atoms with E-state index in [2.05, 4.69) is 0 Å². The van der Waals surface area contributed by atoms with Crippen molar-refractivity contribution in [3.8, 4) is 34.4 Å². The first kappa shape index (κ1) is 25.9. The van der Waals surface area contributed by atoms with Crippen molar-refractivity contribution in [2.75, 3.05) is 21.3 Å². The Kier molecular flexibility index (Phi) is 7.24. The summed E-state index contributed by atoms with van der Waals surface area (Å²) >= 11 is 1.35. The molecule has 0 saturated heterocycles.